The quantitative estimate of drug-likeness (QED) is 0.622. The molecular formula is C27H40N4O4. The monoisotopic (exact) mass is 484 g/mol. The second kappa shape index (κ2) is 10.4. The molecule has 2 heterocycles. The number of carbonyl (C=O) groups is 2. The van der Waals surface area contributed by atoms with E-state index in [1.54, 1.807) is 0 Å². The van der Waals surface area contributed by atoms with Crippen LogP contribution in [-0.2, 0) is 16.0 Å². The van der Waals surface area contributed by atoms with Crippen molar-refractivity contribution in [1.29, 1.82) is 0 Å². The molecule has 0 radical (unpaired) electrons. The molecule has 1 fully saturated rings. The van der Waals surface area contributed by atoms with Gasteiger partial charge >= 0.3 is 6.09 Å². The summed E-state index contributed by atoms with van der Waals surface area (Å²) in [7, 11) is 0. The summed E-state index contributed by atoms with van der Waals surface area (Å²) in [6.07, 6.45) is 1.93. The highest BCUT2D eigenvalue weighted by Gasteiger charge is 2.35. The fourth-order valence-electron chi connectivity index (χ4n) is 4.42. The number of hydrogen-bond acceptors (Lipinski definition) is 6. The van der Waals surface area contributed by atoms with E-state index >= 15 is 0 Å². The first-order chi connectivity index (χ1) is 16.3. The van der Waals surface area contributed by atoms with Crippen LogP contribution in [0.1, 0.15) is 64.2 Å². The maximum atomic E-state index is 13.2. The van der Waals surface area contributed by atoms with Crippen LogP contribution in [0.4, 0.5) is 4.79 Å². The Hall–Kier alpha value is -2.87. The molecule has 1 aliphatic heterocycles. The van der Waals surface area contributed by atoms with E-state index in [1.165, 1.54) is 4.68 Å². The highest BCUT2D eigenvalue weighted by molar-refractivity contribution is 5.83. The topological polar surface area (TPSA) is 99.7 Å². The zero-order valence-electron chi connectivity index (χ0n) is 22.2. The molecule has 2 aromatic rings. The van der Waals surface area contributed by atoms with Crippen LogP contribution in [0.15, 0.2) is 18.2 Å². The number of nitrogens with two attached hydrogens (primary N) is 1. The van der Waals surface area contributed by atoms with Crippen molar-refractivity contribution in [3.05, 3.63) is 34.9 Å². The molecule has 0 aliphatic carbocycles. The van der Waals surface area contributed by atoms with Crippen LogP contribution >= 0.6 is 0 Å². The molecule has 1 amide bonds. The van der Waals surface area contributed by atoms with E-state index in [0.29, 0.717) is 24.5 Å². The molecule has 1 aromatic heterocycles. The predicted octanol–water partition coefficient (Wildman–Crippen LogP) is 4.48. The first-order valence-electron chi connectivity index (χ1n) is 12.4. The van der Waals surface area contributed by atoms with Gasteiger partial charge < -0.3 is 20.1 Å². The van der Waals surface area contributed by atoms with E-state index in [9.17, 15) is 9.59 Å². The summed E-state index contributed by atoms with van der Waals surface area (Å²) in [5.41, 5.74) is 8.84. The van der Waals surface area contributed by atoms with Crippen molar-refractivity contribution in [3.8, 4) is 17.1 Å². The number of aromatic nitrogens is 2. The molecule has 8 heteroatoms. The zero-order valence-corrected chi connectivity index (χ0v) is 22.2. The molecule has 3 rings (SSSR count). The number of nitrogens with zero attached hydrogens (tertiary/aromatic N) is 3. The average molecular weight is 485 g/mol. The van der Waals surface area contributed by atoms with Crippen LogP contribution in [0.2, 0.25) is 0 Å². The van der Waals surface area contributed by atoms with Crippen molar-refractivity contribution in [3.63, 3.8) is 0 Å². The Bertz CT molecular complexity index is 1060. The molecule has 192 valence electrons. The summed E-state index contributed by atoms with van der Waals surface area (Å²) in [5, 5.41) is 4.55. The number of carbonyl (C=O) groups excluding carboxylic acids is 2. The van der Waals surface area contributed by atoms with Crippen LogP contribution < -0.4 is 10.5 Å². The summed E-state index contributed by atoms with van der Waals surface area (Å²) < 4.78 is 13.1. The van der Waals surface area contributed by atoms with Crippen molar-refractivity contribution >= 4 is 12.0 Å². The van der Waals surface area contributed by atoms with Crippen molar-refractivity contribution in [1.82, 2.24) is 14.7 Å². The van der Waals surface area contributed by atoms with Crippen LogP contribution in [0, 0.1) is 19.3 Å². The molecule has 1 aliphatic rings. The molecule has 0 atom stereocenters. The lowest BCUT2D eigenvalue weighted by Crippen LogP contribution is -2.42. The van der Waals surface area contributed by atoms with E-state index in [1.807, 2.05) is 65.5 Å². The highest BCUT2D eigenvalue weighted by atomic mass is 16.6. The van der Waals surface area contributed by atoms with Gasteiger partial charge in [-0.2, -0.15) is 4.68 Å². The first kappa shape index (κ1) is 26.7. The molecule has 35 heavy (non-hydrogen) atoms. The molecule has 0 unspecified atom stereocenters. The van der Waals surface area contributed by atoms with Crippen LogP contribution in [0.5, 0.6) is 5.88 Å². The second-order valence-corrected chi connectivity index (χ2v) is 11.1. The number of benzene rings is 1. The number of likely N-dealkylation sites (tertiary alicyclic amines) is 1. The average Bonchev–Trinajstić information content (AvgIpc) is 3.38. The summed E-state index contributed by atoms with van der Waals surface area (Å²) in [4.78, 5) is 28.2. The zero-order chi connectivity index (χ0) is 26.0. The van der Waals surface area contributed by atoms with Crippen molar-refractivity contribution < 1.29 is 19.1 Å². The van der Waals surface area contributed by atoms with Gasteiger partial charge in [0.2, 0.25) is 11.8 Å². The number of aryl methyl sites for hydroxylation is 2. The molecular weight excluding hydrogens is 444 g/mol. The molecule has 1 saturated heterocycles. The Balaban J connectivity index is 2.03. The Morgan fingerprint density at radius 3 is 2.17 bits per heavy atom. The molecule has 0 saturated carbocycles. The maximum absolute atomic E-state index is 13.2. The van der Waals surface area contributed by atoms with E-state index < -0.39 is 17.1 Å². The third-order valence-corrected chi connectivity index (χ3v) is 5.94. The van der Waals surface area contributed by atoms with Crippen LogP contribution in [0.25, 0.3) is 11.3 Å². The summed E-state index contributed by atoms with van der Waals surface area (Å²) in [6.45, 7) is 15.3. The van der Waals surface area contributed by atoms with Gasteiger partial charge in [0.15, 0.2) is 0 Å². The van der Waals surface area contributed by atoms with Gasteiger partial charge in [0.1, 0.15) is 12.2 Å². The fourth-order valence-corrected chi connectivity index (χ4v) is 4.42. The number of ether oxygens (including phenoxy) is 2. The molecule has 2 N–H and O–H groups in total. The normalized spacial score (nSPS) is 14.3. The van der Waals surface area contributed by atoms with Crippen molar-refractivity contribution in [2.75, 3.05) is 26.2 Å². The fraction of sp³-hybridized carbons (Fsp3) is 0.593. The SMILES string of the molecule is Cc1cc(C)cc(-c2c(CCN)c(OCC(C)(C)C(=O)N3CCCC3)nn2C(=O)OC(C)(C)C)c1. The van der Waals surface area contributed by atoms with Gasteiger partial charge in [0, 0.05) is 24.2 Å². The maximum Gasteiger partial charge on any atom is 0.435 e. The minimum absolute atomic E-state index is 0.0662. The van der Waals surface area contributed by atoms with E-state index in [2.05, 4.69) is 11.2 Å². The minimum atomic E-state index is -0.736. The van der Waals surface area contributed by atoms with Gasteiger partial charge in [-0.15, -0.1) is 5.10 Å². The third kappa shape index (κ3) is 6.42. The Morgan fingerprint density at radius 2 is 1.63 bits per heavy atom. The molecule has 0 bridgehead atoms. The molecule has 0 spiro atoms. The highest BCUT2D eigenvalue weighted by Crippen LogP contribution is 2.34. The van der Waals surface area contributed by atoms with E-state index in [-0.39, 0.29) is 12.5 Å². The van der Waals surface area contributed by atoms with Gasteiger partial charge in [0.25, 0.3) is 0 Å². The predicted molar refractivity (Wildman–Crippen MR) is 137 cm³/mol. The van der Waals surface area contributed by atoms with Gasteiger partial charge in [-0.3, -0.25) is 4.79 Å². The lowest BCUT2D eigenvalue weighted by atomic mass is 9.93. The summed E-state index contributed by atoms with van der Waals surface area (Å²) in [6, 6.07) is 6.09. The van der Waals surface area contributed by atoms with Gasteiger partial charge in [-0.1, -0.05) is 17.2 Å². The first-order valence-corrected chi connectivity index (χ1v) is 12.4. The van der Waals surface area contributed by atoms with Crippen molar-refractivity contribution in [2.24, 2.45) is 11.1 Å². The number of rotatable bonds is 7. The van der Waals surface area contributed by atoms with Crippen molar-refractivity contribution in [2.45, 2.75) is 73.3 Å². The van der Waals surface area contributed by atoms with Gasteiger partial charge in [-0.25, -0.2) is 4.79 Å². The second-order valence-electron chi connectivity index (χ2n) is 11.1. The Kier molecular flexibility index (Phi) is 7.94. The Morgan fingerprint density at radius 1 is 1.03 bits per heavy atom. The number of amides is 1. The van der Waals surface area contributed by atoms with E-state index in [4.69, 9.17) is 15.2 Å². The minimum Gasteiger partial charge on any atom is -0.475 e. The molecule has 8 nitrogen and oxygen atoms in total. The lowest BCUT2D eigenvalue weighted by molar-refractivity contribution is -0.140. The van der Waals surface area contributed by atoms with E-state index in [0.717, 1.165) is 48.2 Å². The standard InChI is InChI=1S/C27H40N4O4/c1-18-14-19(2)16-20(15-18)22-21(10-11-28)23(29-31(22)25(33)35-26(3,4)5)34-17-27(6,7)24(32)30-12-8-9-13-30/h14-16H,8-13,17,28H2,1-7H3. The van der Waals surface area contributed by atoms with Gasteiger partial charge in [-0.05, 0) is 86.4 Å². The van der Waals surface area contributed by atoms with Crippen LogP contribution in [0.3, 0.4) is 0 Å². The van der Waals surface area contributed by atoms with Crippen LogP contribution in [-0.4, -0.2) is 58.5 Å². The smallest absolute Gasteiger partial charge is 0.435 e. The summed E-state index contributed by atoms with van der Waals surface area (Å²) >= 11 is 0. The third-order valence-electron chi connectivity index (χ3n) is 5.94. The lowest BCUT2D eigenvalue weighted by Gasteiger charge is -2.28. The van der Waals surface area contributed by atoms with Gasteiger partial charge in [0.05, 0.1) is 11.1 Å². The molecule has 1 aromatic carbocycles. The Labute approximate surface area is 208 Å². The summed E-state index contributed by atoms with van der Waals surface area (Å²) in [5.74, 6) is 0.370. The largest absolute Gasteiger partial charge is 0.475 e. The number of hydrogen-bond donors (Lipinski definition) is 1.